The van der Waals surface area contributed by atoms with Gasteiger partial charge in [0, 0.05) is 33.3 Å². The average molecular weight is 947 g/mol. The van der Waals surface area contributed by atoms with Crippen LogP contribution in [0.25, 0.3) is 71.6 Å². The minimum Gasteiger partial charge on any atom is -0.310 e. The van der Waals surface area contributed by atoms with Gasteiger partial charge in [0.2, 0.25) is 0 Å². The highest BCUT2D eigenvalue weighted by Gasteiger charge is 2.41. The predicted octanol–water partition coefficient (Wildman–Crippen LogP) is 15.8. The van der Waals surface area contributed by atoms with Crippen molar-refractivity contribution < 1.29 is 0 Å². The highest BCUT2D eigenvalue weighted by atomic mass is 28.3. The largest absolute Gasteiger partial charge is 0.310 e. The molecule has 0 saturated heterocycles. The number of fused-ring (bicyclic) bond motifs is 5. The smallest absolute Gasteiger partial charge is 0.179 e. The van der Waals surface area contributed by atoms with E-state index in [-0.39, 0.29) is 0 Å². The Morgan fingerprint density at radius 3 is 1.38 bits per heavy atom. The van der Waals surface area contributed by atoms with Crippen molar-refractivity contribution in [2.24, 2.45) is 0 Å². The Bertz CT molecular complexity index is 3940. The zero-order valence-corrected chi connectivity index (χ0v) is 41.3. The molecule has 0 fully saturated rings. The number of hydrogen-bond acceptors (Lipinski definition) is 1. The van der Waals surface area contributed by atoms with Crippen LogP contribution in [0.3, 0.4) is 0 Å². The molecule has 1 aromatic heterocycles. The first-order chi connectivity index (χ1) is 36.2. The van der Waals surface area contributed by atoms with Crippen LogP contribution in [0.2, 0.25) is 0 Å². The highest BCUT2D eigenvalue weighted by molar-refractivity contribution is 7.19. The van der Waals surface area contributed by atoms with E-state index in [1.165, 1.54) is 70.0 Å². The lowest BCUT2D eigenvalue weighted by Gasteiger charge is -2.35. The van der Waals surface area contributed by atoms with Crippen molar-refractivity contribution >= 4 is 78.5 Å². The van der Waals surface area contributed by atoms with Gasteiger partial charge in [-0.15, -0.1) is 0 Å². The molecule has 0 saturated carbocycles. The fraction of sp³-hybridized carbons (Fsp3) is 0. The number of aromatic nitrogens is 1. The van der Waals surface area contributed by atoms with Crippen molar-refractivity contribution in [2.75, 3.05) is 4.90 Å². The molecule has 0 spiro atoms. The summed E-state index contributed by atoms with van der Waals surface area (Å²) in [6, 6.07) is 112. The van der Waals surface area contributed by atoms with Gasteiger partial charge < -0.3 is 9.47 Å². The summed E-state index contributed by atoms with van der Waals surface area (Å²) in [5.41, 5.74) is 13.8. The molecule has 12 aromatic carbocycles. The van der Waals surface area contributed by atoms with Crippen LogP contribution in [0.4, 0.5) is 17.1 Å². The van der Waals surface area contributed by atoms with Gasteiger partial charge in [-0.05, 0) is 102 Å². The van der Waals surface area contributed by atoms with Crippen LogP contribution in [-0.2, 0) is 0 Å². The zero-order valence-electron chi connectivity index (χ0n) is 40.3. The monoisotopic (exact) mass is 946 g/mol. The van der Waals surface area contributed by atoms with E-state index in [2.05, 4.69) is 313 Å². The summed E-state index contributed by atoms with van der Waals surface area (Å²) < 4.78 is 2.49. The molecule has 0 radical (unpaired) electrons. The Hall–Kier alpha value is -9.28. The fourth-order valence-corrected chi connectivity index (χ4v) is 16.2. The second kappa shape index (κ2) is 18.8. The van der Waals surface area contributed by atoms with Gasteiger partial charge in [-0.3, -0.25) is 0 Å². The quantitative estimate of drug-likeness (QED) is 0.0926. The van der Waals surface area contributed by atoms with E-state index in [1.54, 1.807) is 0 Å². The average Bonchev–Trinajstić information content (AvgIpc) is 3.82. The molecule has 0 unspecified atom stereocenters. The Morgan fingerprint density at radius 1 is 0.288 bits per heavy atom. The van der Waals surface area contributed by atoms with Crippen molar-refractivity contribution in [1.29, 1.82) is 0 Å². The third-order valence-electron chi connectivity index (χ3n) is 14.8. The van der Waals surface area contributed by atoms with Crippen molar-refractivity contribution in [3.8, 4) is 39.1 Å². The van der Waals surface area contributed by atoms with Crippen LogP contribution in [0.5, 0.6) is 0 Å². The molecule has 1 heterocycles. The van der Waals surface area contributed by atoms with Crippen LogP contribution in [-0.4, -0.2) is 12.6 Å². The second-order valence-corrected chi connectivity index (χ2v) is 22.6. The van der Waals surface area contributed by atoms with Crippen LogP contribution < -0.4 is 25.6 Å². The molecule has 0 aliphatic rings. The fourth-order valence-electron chi connectivity index (χ4n) is 11.4. The Kier molecular flexibility index (Phi) is 11.3. The molecule has 13 aromatic rings. The molecule has 3 heteroatoms. The summed E-state index contributed by atoms with van der Waals surface area (Å²) in [6.07, 6.45) is 0. The maximum atomic E-state index is 2.49. The minimum atomic E-state index is -2.75. The lowest BCUT2D eigenvalue weighted by molar-refractivity contribution is 1.18. The van der Waals surface area contributed by atoms with Crippen molar-refractivity contribution in [2.45, 2.75) is 0 Å². The van der Waals surface area contributed by atoms with Gasteiger partial charge >= 0.3 is 0 Å². The van der Waals surface area contributed by atoms with E-state index in [0.29, 0.717) is 0 Å². The first-order valence-corrected chi connectivity index (χ1v) is 27.2. The van der Waals surface area contributed by atoms with E-state index < -0.39 is 8.07 Å². The maximum Gasteiger partial charge on any atom is 0.179 e. The van der Waals surface area contributed by atoms with E-state index in [0.717, 1.165) is 39.4 Å². The molecular weight excluding hydrogens is 897 g/mol. The minimum absolute atomic E-state index is 1.07. The summed E-state index contributed by atoms with van der Waals surface area (Å²) in [7, 11) is -2.75. The molecule has 0 amide bonds. The molecule has 0 atom stereocenters. The molecule has 0 N–H and O–H groups in total. The van der Waals surface area contributed by atoms with Gasteiger partial charge in [-0.1, -0.05) is 255 Å². The zero-order chi connectivity index (χ0) is 48.6. The number of rotatable bonds is 11. The standard InChI is InChI=1S/C70H50N2Si/c1-6-22-51(23-7-1)55-40-48-63(69(50-55)72-67-37-21-19-35-65(67)70-64-34-17-16-26-53(64)41-49-68(70)72)54-38-42-56(43-39-54)71(66-36-20-18-33-62(66)52-24-8-2-9-25-52)57-44-46-61(47-45-57)73(58-27-10-3-11-28-58,59-29-12-4-13-30-59)60-31-14-5-15-32-60/h1-50H. The van der Waals surface area contributed by atoms with E-state index in [4.69, 9.17) is 0 Å². The predicted molar refractivity (Wildman–Crippen MR) is 313 cm³/mol. The van der Waals surface area contributed by atoms with Gasteiger partial charge in [0.1, 0.15) is 0 Å². The Balaban J connectivity index is 0.990. The van der Waals surface area contributed by atoms with E-state index in [1.807, 2.05) is 0 Å². The van der Waals surface area contributed by atoms with Crippen molar-refractivity contribution in [3.63, 3.8) is 0 Å². The Labute approximate surface area is 428 Å². The van der Waals surface area contributed by atoms with Crippen molar-refractivity contribution in [1.82, 2.24) is 4.57 Å². The molecule has 344 valence electrons. The molecule has 0 aliphatic carbocycles. The van der Waals surface area contributed by atoms with E-state index >= 15 is 0 Å². The number of anilines is 3. The highest BCUT2D eigenvalue weighted by Crippen LogP contribution is 2.44. The first kappa shape index (κ1) is 43.7. The summed E-state index contributed by atoms with van der Waals surface area (Å²) in [5, 5.41) is 10.4. The van der Waals surface area contributed by atoms with Gasteiger partial charge in [0.05, 0.1) is 22.4 Å². The summed E-state index contributed by atoms with van der Waals surface area (Å²) in [5.74, 6) is 0. The molecule has 73 heavy (non-hydrogen) atoms. The van der Waals surface area contributed by atoms with Crippen LogP contribution in [0.1, 0.15) is 0 Å². The summed E-state index contributed by atoms with van der Waals surface area (Å²) in [4.78, 5) is 2.43. The normalized spacial score (nSPS) is 11.6. The third-order valence-corrected chi connectivity index (χ3v) is 19.6. The maximum absolute atomic E-state index is 2.75. The lowest BCUT2D eigenvalue weighted by Crippen LogP contribution is -2.74. The number of benzene rings is 12. The van der Waals surface area contributed by atoms with Crippen LogP contribution >= 0.6 is 0 Å². The number of para-hydroxylation sites is 2. The molecular formula is C70H50N2Si. The summed E-state index contributed by atoms with van der Waals surface area (Å²) in [6.45, 7) is 0. The third kappa shape index (κ3) is 7.66. The van der Waals surface area contributed by atoms with Gasteiger partial charge in [0.25, 0.3) is 0 Å². The Morgan fingerprint density at radius 2 is 0.753 bits per heavy atom. The molecule has 0 bridgehead atoms. The van der Waals surface area contributed by atoms with Gasteiger partial charge in [0.15, 0.2) is 8.07 Å². The number of nitrogens with zero attached hydrogens (tertiary/aromatic N) is 2. The van der Waals surface area contributed by atoms with Gasteiger partial charge in [-0.25, -0.2) is 0 Å². The molecule has 13 rings (SSSR count). The summed E-state index contributed by atoms with van der Waals surface area (Å²) >= 11 is 0. The number of hydrogen-bond donors (Lipinski definition) is 0. The second-order valence-electron chi connectivity index (χ2n) is 18.8. The van der Waals surface area contributed by atoms with Gasteiger partial charge in [-0.2, -0.15) is 0 Å². The first-order valence-electron chi connectivity index (χ1n) is 25.2. The lowest BCUT2D eigenvalue weighted by atomic mass is 9.97. The van der Waals surface area contributed by atoms with Crippen LogP contribution in [0.15, 0.2) is 303 Å². The molecule has 0 aliphatic heterocycles. The van der Waals surface area contributed by atoms with E-state index in [9.17, 15) is 0 Å². The SMILES string of the molecule is c1ccc(-c2ccc(-c3ccc(N(c4ccc([Si](c5ccccc5)(c5ccccc5)c5ccccc5)cc4)c4ccccc4-c4ccccc4)cc3)c(-n3c4ccccc4c4c5ccccc5ccc43)c2)cc1. The molecule has 2 nitrogen and oxygen atoms in total. The topological polar surface area (TPSA) is 8.17 Å². The van der Waals surface area contributed by atoms with Crippen molar-refractivity contribution in [3.05, 3.63) is 303 Å². The van der Waals surface area contributed by atoms with Crippen LogP contribution in [0, 0.1) is 0 Å².